The van der Waals surface area contributed by atoms with E-state index in [4.69, 9.17) is 9.84 Å². The van der Waals surface area contributed by atoms with Gasteiger partial charge in [0.1, 0.15) is 12.0 Å². The van der Waals surface area contributed by atoms with Crippen molar-refractivity contribution >= 4 is 60.8 Å². The standard InChI is InChI=1S/C17H32O4.Ba.2H/c1-5-6-7-8-9-10-11-12-17(4,14(2)3)21-16(20)13-15(18)19;;;/h14H,5-13H2,1-4H3,(H,18,19);;;/q;+2;2*-1. The van der Waals surface area contributed by atoms with E-state index in [1.165, 1.54) is 32.1 Å². The predicted molar refractivity (Wildman–Crippen MR) is 92.2 cm³/mol. The number of aliphatic carboxylic acids is 1. The van der Waals surface area contributed by atoms with Crippen molar-refractivity contribution < 1.29 is 22.3 Å². The number of carbonyl (C=O) groups excluding carboxylic acids is 1. The van der Waals surface area contributed by atoms with Crippen molar-refractivity contribution in [3.8, 4) is 0 Å². The van der Waals surface area contributed by atoms with Crippen LogP contribution < -0.4 is 0 Å². The van der Waals surface area contributed by atoms with Crippen LogP contribution in [0.3, 0.4) is 0 Å². The minimum Gasteiger partial charge on any atom is -1.00 e. The van der Waals surface area contributed by atoms with Crippen molar-refractivity contribution in [2.45, 2.75) is 91.1 Å². The Bertz CT molecular complexity index is 328. The second-order valence-corrected chi connectivity index (χ2v) is 6.38. The number of unbranched alkanes of at least 4 members (excludes halogenated alkanes) is 6. The molecular weight excluding hydrogens is 406 g/mol. The molecule has 0 saturated carbocycles. The molecule has 0 aliphatic rings. The minimum absolute atomic E-state index is 0. The largest absolute Gasteiger partial charge is 2.00 e. The molecule has 4 nitrogen and oxygen atoms in total. The molecule has 1 N–H and O–H groups in total. The first-order chi connectivity index (χ1) is 9.81. The van der Waals surface area contributed by atoms with E-state index in [-0.39, 0.29) is 57.7 Å². The molecule has 0 aliphatic heterocycles. The van der Waals surface area contributed by atoms with Crippen molar-refractivity contribution in [3.63, 3.8) is 0 Å². The maximum Gasteiger partial charge on any atom is 2.00 e. The molecule has 0 aromatic carbocycles. The zero-order valence-electron chi connectivity index (χ0n) is 16.8. The van der Waals surface area contributed by atoms with Gasteiger partial charge in [-0.05, 0) is 25.7 Å². The molecule has 0 rings (SSSR count). The van der Waals surface area contributed by atoms with Gasteiger partial charge in [-0.1, -0.05) is 59.3 Å². The molecule has 0 fully saturated rings. The van der Waals surface area contributed by atoms with Gasteiger partial charge in [-0.25, -0.2) is 0 Å². The first kappa shape index (κ1) is 24.8. The van der Waals surface area contributed by atoms with E-state index in [1.807, 2.05) is 20.8 Å². The molecule has 0 saturated heterocycles. The number of esters is 1. The molecule has 1 atom stereocenters. The average Bonchev–Trinajstić information content (AvgIpc) is 2.36. The van der Waals surface area contributed by atoms with Crippen LogP contribution in [-0.2, 0) is 14.3 Å². The maximum atomic E-state index is 11.6. The molecule has 0 aromatic heterocycles. The summed E-state index contributed by atoms with van der Waals surface area (Å²) in [5, 5.41) is 8.64. The van der Waals surface area contributed by atoms with Crippen LogP contribution in [0.4, 0.5) is 0 Å². The number of ether oxygens (including phenoxy) is 1. The van der Waals surface area contributed by atoms with Crippen LogP contribution in [-0.4, -0.2) is 71.5 Å². The number of carboxylic acids is 1. The fraction of sp³-hybridized carbons (Fsp3) is 0.882. The van der Waals surface area contributed by atoms with Gasteiger partial charge in [0.05, 0.1) is 0 Å². The Morgan fingerprint density at radius 1 is 1.09 bits per heavy atom. The normalized spacial score (nSPS) is 13.3. The molecule has 0 radical (unpaired) electrons. The molecule has 1 unspecified atom stereocenters. The molecule has 0 aromatic rings. The minimum atomic E-state index is -1.14. The Balaban J connectivity index is -0.000000667. The van der Waals surface area contributed by atoms with Gasteiger partial charge in [-0.15, -0.1) is 0 Å². The average molecular weight is 440 g/mol. The van der Waals surface area contributed by atoms with Gasteiger partial charge in [0.2, 0.25) is 0 Å². The molecule has 128 valence electrons. The number of carbonyl (C=O) groups is 2. The van der Waals surface area contributed by atoms with Crippen LogP contribution in [0.1, 0.15) is 88.3 Å². The van der Waals surface area contributed by atoms with Gasteiger partial charge in [0.25, 0.3) is 0 Å². The van der Waals surface area contributed by atoms with Gasteiger partial charge < -0.3 is 12.7 Å². The van der Waals surface area contributed by atoms with E-state index in [9.17, 15) is 9.59 Å². The Kier molecular flexibility index (Phi) is 15.7. The second kappa shape index (κ2) is 13.9. The smallest absolute Gasteiger partial charge is 1.00 e. The van der Waals surface area contributed by atoms with Crippen LogP contribution >= 0.6 is 0 Å². The number of hydrogen-bond donors (Lipinski definition) is 1. The summed E-state index contributed by atoms with van der Waals surface area (Å²) < 4.78 is 5.44. The first-order valence-corrected chi connectivity index (χ1v) is 8.25. The van der Waals surface area contributed by atoms with Crippen LogP contribution in [0.5, 0.6) is 0 Å². The van der Waals surface area contributed by atoms with Crippen LogP contribution in [0, 0.1) is 5.92 Å². The SMILES string of the molecule is CCCCCCCCCC(C)(OC(=O)CC(=O)O)C(C)C.[Ba+2].[H-].[H-]. The van der Waals surface area contributed by atoms with E-state index < -0.39 is 24.0 Å². The van der Waals surface area contributed by atoms with Gasteiger partial charge in [0.15, 0.2) is 0 Å². The van der Waals surface area contributed by atoms with Gasteiger partial charge >= 0.3 is 60.8 Å². The summed E-state index contributed by atoms with van der Waals surface area (Å²) in [7, 11) is 0. The third kappa shape index (κ3) is 12.0. The molecule has 0 amide bonds. The molecule has 0 heterocycles. The van der Waals surface area contributed by atoms with Crippen molar-refractivity contribution in [3.05, 3.63) is 0 Å². The quantitative estimate of drug-likeness (QED) is 0.212. The summed E-state index contributed by atoms with van der Waals surface area (Å²) in [4.78, 5) is 22.1. The van der Waals surface area contributed by atoms with Crippen molar-refractivity contribution in [1.29, 1.82) is 0 Å². The first-order valence-electron chi connectivity index (χ1n) is 8.25. The number of hydrogen-bond acceptors (Lipinski definition) is 3. The third-order valence-electron chi connectivity index (χ3n) is 4.14. The van der Waals surface area contributed by atoms with E-state index >= 15 is 0 Å². The van der Waals surface area contributed by atoms with Crippen LogP contribution in [0.15, 0.2) is 0 Å². The summed E-state index contributed by atoms with van der Waals surface area (Å²) in [5.74, 6) is -1.60. The second-order valence-electron chi connectivity index (χ2n) is 6.38. The fourth-order valence-electron chi connectivity index (χ4n) is 2.31. The zero-order chi connectivity index (χ0) is 16.3. The van der Waals surface area contributed by atoms with Gasteiger partial charge in [-0.3, -0.25) is 9.59 Å². The van der Waals surface area contributed by atoms with E-state index in [0.29, 0.717) is 0 Å². The van der Waals surface area contributed by atoms with Crippen molar-refractivity contribution in [2.75, 3.05) is 0 Å². The van der Waals surface area contributed by atoms with E-state index in [1.54, 1.807) is 0 Å². The summed E-state index contributed by atoms with van der Waals surface area (Å²) in [6.45, 7) is 8.14. The molecule has 5 heteroatoms. The van der Waals surface area contributed by atoms with E-state index in [2.05, 4.69) is 6.92 Å². The summed E-state index contributed by atoms with van der Waals surface area (Å²) >= 11 is 0. The summed E-state index contributed by atoms with van der Waals surface area (Å²) in [5.41, 5.74) is -0.560. The summed E-state index contributed by atoms with van der Waals surface area (Å²) in [6, 6.07) is 0. The molecule has 0 aliphatic carbocycles. The monoisotopic (exact) mass is 440 g/mol. The molecule has 0 spiro atoms. The van der Waals surface area contributed by atoms with E-state index in [0.717, 1.165) is 19.3 Å². The van der Waals surface area contributed by atoms with Crippen LogP contribution in [0.25, 0.3) is 0 Å². The number of rotatable bonds is 12. The Morgan fingerprint density at radius 3 is 2.05 bits per heavy atom. The van der Waals surface area contributed by atoms with Crippen molar-refractivity contribution in [1.82, 2.24) is 0 Å². The number of carboxylic acid groups (broad SMARTS) is 1. The Hall–Kier alpha value is 0.511. The Labute approximate surface area is 178 Å². The molecule has 0 bridgehead atoms. The Morgan fingerprint density at radius 2 is 1.59 bits per heavy atom. The van der Waals surface area contributed by atoms with Crippen molar-refractivity contribution in [2.24, 2.45) is 5.92 Å². The predicted octanol–water partition coefficient (Wildman–Crippen LogP) is 4.40. The maximum absolute atomic E-state index is 11.6. The third-order valence-corrected chi connectivity index (χ3v) is 4.14. The van der Waals surface area contributed by atoms with Gasteiger partial charge in [0, 0.05) is 0 Å². The van der Waals surface area contributed by atoms with Crippen LogP contribution in [0.2, 0.25) is 0 Å². The summed E-state index contributed by atoms with van der Waals surface area (Å²) in [6.07, 6.45) is 8.74. The van der Waals surface area contributed by atoms with Gasteiger partial charge in [-0.2, -0.15) is 0 Å². The molecular formula is C17H34BaO4. The topological polar surface area (TPSA) is 63.6 Å². The fourth-order valence-corrected chi connectivity index (χ4v) is 2.31. The zero-order valence-corrected chi connectivity index (χ0v) is 19.3. The molecule has 22 heavy (non-hydrogen) atoms.